The van der Waals surface area contributed by atoms with Gasteiger partial charge in [0.05, 0.1) is 12.0 Å². The van der Waals surface area contributed by atoms with E-state index < -0.39 is 11.1 Å². The smallest absolute Gasteiger partial charge is 0.238 e. The van der Waals surface area contributed by atoms with Crippen molar-refractivity contribution in [3.8, 4) is 0 Å². The fourth-order valence-electron chi connectivity index (χ4n) is 6.43. The summed E-state index contributed by atoms with van der Waals surface area (Å²) in [7, 11) is 0. The van der Waals surface area contributed by atoms with Gasteiger partial charge in [0.1, 0.15) is 17.2 Å². The molecule has 1 aliphatic heterocycles. The van der Waals surface area contributed by atoms with E-state index in [9.17, 15) is 14.4 Å². The van der Waals surface area contributed by atoms with E-state index in [-0.39, 0.29) is 18.4 Å². The number of nitrogens with one attached hydrogen (secondary N) is 3. The van der Waals surface area contributed by atoms with Gasteiger partial charge in [-0.25, -0.2) is 4.98 Å². The summed E-state index contributed by atoms with van der Waals surface area (Å²) in [4.78, 5) is 47.4. The number of aromatic nitrogens is 1. The minimum Gasteiger partial charge on any atom is -0.325 e. The Balaban J connectivity index is 1.16. The molecule has 3 aliphatic rings. The summed E-state index contributed by atoms with van der Waals surface area (Å²) >= 11 is 0. The molecule has 6 rings (SSSR count). The summed E-state index contributed by atoms with van der Waals surface area (Å²) < 4.78 is 0. The Kier molecular flexibility index (Phi) is 7.02. The first-order chi connectivity index (χ1) is 19.5. The third-order valence-electron chi connectivity index (χ3n) is 8.49. The molecule has 2 aromatic carbocycles. The summed E-state index contributed by atoms with van der Waals surface area (Å²) in [5, 5.41) is 9.38. The molecule has 8 heteroatoms. The van der Waals surface area contributed by atoms with Crippen molar-refractivity contribution in [2.45, 2.75) is 62.4 Å². The number of pyridine rings is 1. The van der Waals surface area contributed by atoms with Gasteiger partial charge >= 0.3 is 0 Å². The molecule has 0 bridgehead atoms. The lowest BCUT2D eigenvalue weighted by Crippen LogP contribution is -2.47. The molecule has 3 N–H and O–H groups in total. The third kappa shape index (κ3) is 4.95. The van der Waals surface area contributed by atoms with E-state index in [1.807, 2.05) is 60.7 Å². The summed E-state index contributed by atoms with van der Waals surface area (Å²) in [5.41, 5.74) is 3.66. The third-order valence-corrected chi connectivity index (χ3v) is 8.49. The molecule has 1 unspecified atom stereocenters. The predicted octanol–water partition coefficient (Wildman–Crippen LogP) is 4.34. The van der Waals surface area contributed by atoms with Gasteiger partial charge in [-0.2, -0.15) is 0 Å². The summed E-state index contributed by atoms with van der Waals surface area (Å²) in [6, 6.07) is 19.2. The molecular formula is C32H33N5O3. The van der Waals surface area contributed by atoms with Crippen LogP contribution in [0.2, 0.25) is 0 Å². The molecule has 2 aliphatic carbocycles. The lowest BCUT2D eigenvalue weighted by atomic mass is 9.79. The highest BCUT2D eigenvalue weighted by Gasteiger charge is 2.51. The lowest BCUT2D eigenvalue weighted by molar-refractivity contribution is -0.120. The van der Waals surface area contributed by atoms with E-state index in [2.05, 4.69) is 20.9 Å². The molecule has 8 nitrogen and oxygen atoms in total. The Bertz CT molecular complexity index is 1480. The summed E-state index contributed by atoms with van der Waals surface area (Å²) in [6.45, 7) is 0.0763. The van der Waals surface area contributed by atoms with Gasteiger partial charge in [-0.15, -0.1) is 0 Å². The van der Waals surface area contributed by atoms with Gasteiger partial charge in [0.2, 0.25) is 11.8 Å². The van der Waals surface area contributed by atoms with E-state index >= 15 is 0 Å². The minimum absolute atomic E-state index is 0.0216. The molecule has 2 heterocycles. The number of carbonyl (C=O) groups excluding carboxylic acids is 3. The Morgan fingerprint density at radius 1 is 0.975 bits per heavy atom. The maximum atomic E-state index is 13.1. The van der Waals surface area contributed by atoms with Crippen molar-refractivity contribution >= 4 is 35.3 Å². The van der Waals surface area contributed by atoms with Gasteiger partial charge < -0.3 is 10.6 Å². The SMILES string of the molecule is O=CC(=NC1(NCC(=O)Nc2ccc3c(c2)CC2(C3)C(=O)Nc3ncccc32)CCCCCC1)c1ccccc1. The van der Waals surface area contributed by atoms with Gasteiger partial charge in [-0.3, -0.25) is 24.7 Å². The number of amides is 2. The van der Waals surface area contributed by atoms with Crippen LogP contribution in [0, 0.1) is 0 Å². The van der Waals surface area contributed by atoms with E-state index in [4.69, 9.17) is 4.99 Å². The van der Waals surface area contributed by atoms with Crippen LogP contribution < -0.4 is 16.0 Å². The van der Waals surface area contributed by atoms with E-state index in [1.165, 1.54) is 0 Å². The van der Waals surface area contributed by atoms with Crippen LogP contribution in [0.15, 0.2) is 71.9 Å². The molecule has 0 saturated heterocycles. The number of hydrogen-bond donors (Lipinski definition) is 3. The van der Waals surface area contributed by atoms with Crippen LogP contribution >= 0.6 is 0 Å². The van der Waals surface area contributed by atoms with Crippen molar-refractivity contribution in [3.63, 3.8) is 0 Å². The number of anilines is 2. The number of nitrogens with zero attached hydrogens (tertiary/aromatic N) is 2. The first kappa shape index (κ1) is 26.1. The predicted molar refractivity (Wildman–Crippen MR) is 155 cm³/mol. The molecule has 2 amide bonds. The second-order valence-electron chi connectivity index (χ2n) is 11.1. The second kappa shape index (κ2) is 10.8. The number of carbonyl (C=O) groups is 3. The van der Waals surface area contributed by atoms with Crippen LogP contribution in [0.5, 0.6) is 0 Å². The minimum atomic E-state index is -0.665. The van der Waals surface area contributed by atoms with Gasteiger partial charge in [0.15, 0.2) is 6.29 Å². The van der Waals surface area contributed by atoms with Crippen LogP contribution in [0.25, 0.3) is 0 Å². The first-order valence-corrected chi connectivity index (χ1v) is 14.0. The van der Waals surface area contributed by atoms with Crippen LogP contribution in [0.4, 0.5) is 11.5 Å². The lowest BCUT2D eigenvalue weighted by Gasteiger charge is -2.30. The number of benzene rings is 2. The highest BCUT2D eigenvalue weighted by Crippen LogP contribution is 2.46. The molecule has 1 aromatic heterocycles. The Labute approximate surface area is 233 Å². The van der Waals surface area contributed by atoms with Gasteiger partial charge in [-0.05, 0) is 67.9 Å². The van der Waals surface area contributed by atoms with Crippen molar-refractivity contribution in [1.82, 2.24) is 10.3 Å². The molecular weight excluding hydrogens is 502 g/mol. The first-order valence-electron chi connectivity index (χ1n) is 14.0. The quantitative estimate of drug-likeness (QED) is 0.237. The molecule has 0 radical (unpaired) electrons. The van der Waals surface area contributed by atoms with Crippen molar-refractivity contribution in [2.24, 2.45) is 4.99 Å². The van der Waals surface area contributed by atoms with Gasteiger partial charge in [-0.1, -0.05) is 55.3 Å². The van der Waals surface area contributed by atoms with E-state index in [0.29, 0.717) is 30.1 Å². The normalized spacial score (nSPS) is 21.3. The fourth-order valence-corrected chi connectivity index (χ4v) is 6.43. The highest BCUT2D eigenvalue weighted by molar-refractivity contribution is 6.36. The maximum Gasteiger partial charge on any atom is 0.238 e. The average molecular weight is 536 g/mol. The number of hydrogen-bond acceptors (Lipinski definition) is 6. The highest BCUT2D eigenvalue weighted by atomic mass is 16.2. The molecule has 40 heavy (non-hydrogen) atoms. The van der Waals surface area contributed by atoms with E-state index in [1.54, 1.807) is 6.20 Å². The van der Waals surface area contributed by atoms with Crippen molar-refractivity contribution in [1.29, 1.82) is 0 Å². The van der Waals surface area contributed by atoms with Crippen LogP contribution in [-0.4, -0.2) is 41.0 Å². The zero-order chi connectivity index (χ0) is 27.6. The van der Waals surface area contributed by atoms with Crippen molar-refractivity contribution in [2.75, 3.05) is 17.2 Å². The standard InChI is InChI=1S/C32H33N5O3/c38-21-27(22-9-4-3-5-10-22)37-32(14-6-1-2-7-15-32)34-20-28(39)35-25-13-12-23-18-31(19-24(23)17-25)26-11-8-16-33-29(26)36-30(31)40/h3-5,8-13,16-17,21,34H,1-2,6-7,14-15,18-20H2,(H,35,39)(H,33,36,40). The summed E-state index contributed by atoms with van der Waals surface area (Å²) in [6.07, 6.45) is 9.41. The average Bonchev–Trinajstić information content (AvgIpc) is 3.38. The topological polar surface area (TPSA) is 113 Å². The van der Waals surface area contributed by atoms with E-state index in [0.717, 1.165) is 67.1 Å². The second-order valence-corrected chi connectivity index (χ2v) is 11.1. The van der Waals surface area contributed by atoms with Gasteiger partial charge in [0, 0.05) is 23.0 Å². The molecule has 3 aromatic rings. The van der Waals surface area contributed by atoms with Crippen LogP contribution in [0.3, 0.4) is 0 Å². The van der Waals surface area contributed by atoms with Crippen LogP contribution in [0.1, 0.15) is 60.8 Å². The van der Waals surface area contributed by atoms with Crippen molar-refractivity contribution < 1.29 is 14.4 Å². The molecule has 1 fully saturated rings. The Morgan fingerprint density at radius 2 is 1.75 bits per heavy atom. The maximum absolute atomic E-state index is 13.1. The van der Waals surface area contributed by atoms with Crippen molar-refractivity contribution in [3.05, 3.63) is 89.1 Å². The molecule has 1 atom stereocenters. The molecule has 204 valence electrons. The fraction of sp³-hybridized carbons (Fsp3) is 0.344. The monoisotopic (exact) mass is 535 g/mol. The molecule has 1 spiro atoms. The number of rotatable bonds is 7. The number of aliphatic imine (C=N–C) groups is 1. The zero-order valence-corrected chi connectivity index (χ0v) is 22.4. The van der Waals surface area contributed by atoms with Gasteiger partial charge in [0.25, 0.3) is 0 Å². The molecule has 1 saturated carbocycles. The largest absolute Gasteiger partial charge is 0.325 e. The number of aldehydes is 1. The zero-order valence-electron chi connectivity index (χ0n) is 22.4. The number of fused-ring (bicyclic) bond motifs is 3. The Morgan fingerprint density at radius 3 is 2.52 bits per heavy atom. The summed E-state index contributed by atoms with van der Waals surface area (Å²) in [5.74, 6) is 0.443. The Hall–Kier alpha value is -4.17. The van der Waals surface area contributed by atoms with Crippen LogP contribution in [-0.2, 0) is 32.6 Å².